The molecule has 1 heterocycles. The molecule has 5 nitrogen and oxygen atoms in total. The number of nitrogens with zero attached hydrogens (tertiary/aromatic N) is 2. The number of anilines is 2. The average molecular weight is 280 g/mol. The van der Waals surface area contributed by atoms with Crippen molar-refractivity contribution >= 4 is 28.7 Å². The quantitative estimate of drug-likeness (QED) is 0.809. The van der Waals surface area contributed by atoms with Gasteiger partial charge in [0.25, 0.3) is 0 Å². The van der Waals surface area contributed by atoms with E-state index < -0.39 is 0 Å². The molecule has 1 aliphatic heterocycles. The minimum atomic E-state index is 0.259. The first-order valence-electron chi connectivity index (χ1n) is 6.28. The maximum absolute atomic E-state index is 5.48. The summed E-state index contributed by atoms with van der Waals surface area (Å²) >= 11 is 4.84. The van der Waals surface area contributed by atoms with E-state index in [1.54, 1.807) is 7.11 Å². The molecule has 0 unspecified atom stereocenters. The summed E-state index contributed by atoms with van der Waals surface area (Å²) in [5, 5.41) is 3.18. The lowest BCUT2D eigenvalue weighted by Gasteiger charge is -2.34. The summed E-state index contributed by atoms with van der Waals surface area (Å²) in [6.07, 6.45) is 0. The van der Waals surface area contributed by atoms with Crippen molar-refractivity contribution in [2.75, 3.05) is 50.6 Å². The number of rotatable bonds is 3. The van der Waals surface area contributed by atoms with E-state index in [0.29, 0.717) is 0 Å². The fourth-order valence-electron chi connectivity index (χ4n) is 2.21. The van der Waals surface area contributed by atoms with E-state index in [9.17, 15) is 0 Å². The molecule has 104 valence electrons. The van der Waals surface area contributed by atoms with Gasteiger partial charge in [-0.2, -0.15) is 0 Å². The molecular weight excluding hydrogens is 260 g/mol. The summed E-state index contributed by atoms with van der Waals surface area (Å²) in [5.74, 6) is 0.839. The van der Waals surface area contributed by atoms with E-state index in [0.717, 1.165) is 43.3 Å². The average Bonchev–Trinajstić information content (AvgIpc) is 2.39. The van der Waals surface area contributed by atoms with Crippen molar-refractivity contribution in [1.29, 1.82) is 0 Å². The smallest absolute Gasteiger partial charge is 0.168 e. The first-order chi connectivity index (χ1) is 9.10. The van der Waals surface area contributed by atoms with Crippen molar-refractivity contribution in [3.05, 3.63) is 18.2 Å². The SMILES string of the molecule is COc1cc(NC(N)=S)ccc1N1CCN(C)CC1. The fourth-order valence-corrected chi connectivity index (χ4v) is 2.32. The molecule has 0 aliphatic carbocycles. The zero-order valence-corrected chi connectivity index (χ0v) is 12.2. The van der Waals surface area contributed by atoms with Gasteiger partial charge in [-0.3, -0.25) is 0 Å². The summed E-state index contributed by atoms with van der Waals surface area (Å²) in [6.45, 7) is 4.15. The monoisotopic (exact) mass is 280 g/mol. The van der Waals surface area contributed by atoms with Gasteiger partial charge in [0.2, 0.25) is 0 Å². The Bertz CT molecular complexity index is 458. The van der Waals surface area contributed by atoms with Gasteiger partial charge >= 0.3 is 0 Å². The summed E-state index contributed by atoms with van der Waals surface area (Å²) in [7, 11) is 3.82. The second kappa shape index (κ2) is 6.08. The number of methoxy groups -OCH3 is 1. The molecule has 3 N–H and O–H groups in total. The van der Waals surface area contributed by atoms with Crippen LogP contribution in [0.1, 0.15) is 0 Å². The predicted octanol–water partition coefficient (Wildman–Crippen LogP) is 1.10. The van der Waals surface area contributed by atoms with Gasteiger partial charge in [0.15, 0.2) is 5.11 Å². The third-order valence-electron chi connectivity index (χ3n) is 3.29. The van der Waals surface area contributed by atoms with Crippen LogP contribution in [0.5, 0.6) is 5.75 Å². The standard InChI is InChI=1S/C13H20N4OS/c1-16-5-7-17(8-6-16)11-4-3-10(15-13(14)19)9-12(11)18-2/h3-4,9H,5-8H2,1-2H3,(H3,14,15,19). The van der Waals surface area contributed by atoms with E-state index in [-0.39, 0.29) is 5.11 Å². The normalized spacial score (nSPS) is 16.2. The van der Waals surface area contributed by atoms with Gasteiger partial charge in [0.1, 0.15) is 5.75 Å². The van der Waals surface area contributed by atoms with Crippen molar-refractivity contribution in [2.24, 2.45) is 5.73 Å². The molecule has 0 amide bonds. The summed E-state index contributed by atoms with van der Waals surface area (Å²) in [6, 6.07) is 5.94. The second-order valence-corrected chi connectivity index (χ2v) is 5.11. The number of ether oxygens (including phenoxy) is 1. The number of benzene rings is 1. The van der Waals surface area contributed by atoms with E-state index >= 15 is 0 Å². The molecule has 1 fully saturated rings. The van der Waals surface area contributed by atoms with Gasteiger partial charge in [0.05, 0.1) is 12.8 Å². The van der Waals surface area contributed by atoms with Crippen molar-refractivity contribution < 1.29 is 4.74 Å². The molecule has 6 heteroatoms. The Morgan fingerprint density at radius 2 is 2.00 bits per heavy atom. The molecule has 0 bridgehead atoms. The van der Waals surface area contributed by atoms with E-state index in [2.05, 4.69) is 22.2 Å². The van der Waals surface area contributed by atoms with Crippen LogP contribution in [0.2, 0.25) is 0 Å². The van der Waals surface area contributed by atoms with Crippen LogP contribution < -0.4 is 20.7 Å². The molecule has 0 saturated carbocycles. The van der Waals surface area contributed by atoms with Crippen LogP contribution in [0.25, 0.3) is 0 Å². The molecule has 0 spiro atoms. The Morgan fingerprint density at radius 1 is 1.32 bits per heavy atom. The van der Waals surface area contributed by atoms with Gasteiger partial charge < -0.3 is 25.6 Å². The Hall–Kier alpha value is -1.53. The first-order valence-corrected chi connectivity index (χ1v) is 6.69. The lowest BCUT2D eigenvalue weighted by atomic mass is 10.2. The number of hydrogen-bond donors (Lipinski definition) is 2. The highest BCUT2D eigenvalue weighted by Gasteiger charge is 2.17. The Labute approximate surface area is 119 Å². The minimum Gasteiger partial charge on any atom is -0.495 e. The summed E-state index contributed by atoms with van der Waals surface area (Å²) in [4.78, 5) is 4.66. The first kappa shape index (κ1) is 13.9. The third-order valence-corrected chi connectivity index (χ3v) is 3.39. The third kappa shape index (κ3) is 3.48. The van der Waals surface area contributed by atoms with Crippen molar-refractivity contribution in [3.8, 4) is 5.75 Å². The van der Waals surface area contributed by atoms with Crippen LogP contribution in [-0.2, 0) is 0 Å². The topological polar surface area (TPSA) is 53.8 Å². The largest absolute Gasteiger partial charge is 0.495 e. The van der Waals surface area contributed by atoms with E-state index in [1.165, 1.54) is 0 Å². The number of likely N-dealkylation sites (N-methyl/N-ethyl adjacent to an activating group) is 1. The maximum Gasteiger partial charge on any atom is 0.168 e. The summed E-state index contributed by atoms with van der Waals surface area (Å²) < 4.78 is 5.47. The number of thiocarbonyl (C=S) groups is 1. The molecule has 0 aromatic heterocycles. The summed E-state index contributed by atoms with van der Waals surface area (Å²) in [5.41, 5.74) is 7.44. The zero-order valence-electron chi connectivity index (χ0n) is 11.3. The van der Waals surface area contributed by atoms with Gasteiger partial charge in [-0.25, -0.2) is 0 Å². The highest BCUT2D eigenvalue weighted by atomic mass is 32.1. The molecular formula is C13H20N4OS. The van der Waals surface area contributed by atoms with Gasteiger partial charge in [-0.05, 0) is 31.4 Å². The molecule has 19 heavy (non-hydrogen) atoms. The Balaban J connectivity index is 2.18. The Kier molecular flexibility index (Phi) is 4.44. The Morgan fingerprint density at radius 3 is 2.58 bits per heavy atom. The van der Waals surface area contributed by atoms with Gasteiger partial charge in [0, 0.05) is 37.9 Å². The van der Waals surface area contributed by atoms with E-state index in [4.69, 9.17) is 22.7 Å². The number of nitrogens with one attached hydrogen (secondary N) is 1. The maximum atomic E-state index is 5.48. The van der Waals surface area contributed by atoms with Crippen molar-refractivity contribution in [1.82, 2.24) is 4.90 Å². The van der Waals surface area contributed by atoms with Crippen molar-refractivity contribution in [2.45, 2.75) is 0 Å². The van der Waals surface area contributed by atoms with Gasteiger partial charge in [-0.15, -0.1) is 0 Å². The second-order valence-electron chi connectivity index (χ2n) is 4.67. The zero-order chi connectivity index (χ0) is 13.8. The van der Waals surface area contributed by atoms with Crippen molar-refractivity contribution in [3.63, 3.8) is 0 Å². The number of nitrogens with two attached hydrogens (primary N) is 1. The van der Waals surface area contributed by atoms with Crippen LogP contribution in [0.15, 0.2) is 18.2 Å². The number of piperazine rings is 1. The van der Waals surface area contributed by atoms with Gasteiger partial charge in [-0.1, -0.05) is 0 Å². The predicted molar refractivity (Wildman–Crippen MR) is 83.1 cm³/mol. The molecule has 1 aromatic carbocycles. The minimum absolute atomic E-state index is 0.259. The fraction of sp³-hybridized carbons (Fsp3) is 0.462. The van der Waals surface area contributed by atoms with Crippen LogP contribution >= 0.6 is 12.2 Å². The highest BCUT2D eigenvalue weighted by Crippen LogP contribution is 2.31. The molecule has 0 atom stereocenters. The lowest BCUT2D eigenvalue weighted by molar-refractivity contribution is 0.311. The molecule has 1 aromatic rings. The van der Waals surface area contributed by atoms with E-state index in [1.807, 2.05) is 18.2 Å². The highest BCUT2D eigenvalue weighted by molar-refractivity contribution is 7.80. The molecule has 1 saturated heterocycles. The molecule has 2 rings (SSSR count). The number of hydrogen-bond acceptors (Lipinski definition) is 4. The lowest BCUT2D eigenvalue weighted by Crippen LogP contribution is -2.44. The molecule has 0 radical (unpaired) electrons. The van der Waals surface area contributed by atoms with Crippen LogP contribution in [0.3, 0.4) is 0 Å². The van der Waals surface area contributed by atoms with Crippen LogP contribution in [0.4, 0.5) is 11.4 Å². The van der Waals surface area contributed by atoms with Crippen LogP contribution in [-0.4, -0.2) is 50.3 Å². The molecule has 1 aliphatic rings. The van der Waals surface area contributed by atoms with Crippen LogP contribution in [0, 0.1) is 0 Å².